The van der Waals surface area contributed by atoms with E-state index in [-0.39, 0.29) is 0 Å². The molecule has 0 aromatic carbocycles. The van der Waals surface area contributed by atoms with E-state index in [0.29, 0.717) is 12.1 Å². The van der Waals surface area contributed by atoms with E-state index in [1.165, 1.54) is 25.7 Å². The van der Waals surface area contributed by atoms with Gasteiger partial charge in [0, 0.05) is 13.2 Å². The van der Waals surface area contributed by atoms with Crippen molar-refractivity contribution in [3.05, 3.63) is 0 Å². The first kappa shape index (κ1) is 11.0. The first-order valence-corrected chi connectivity index (χ1v) is 5.48. The van der Waals surface area contributed by atoms with Crippen molar-refractivity contribution in [3.8, 4) is 0 Å². The van der Waals surface area contributed by atoms with Gasteiger partial charge in [0.1, 0.15) is 0 Å². The Kier molecular flexibility index (Phi) is 4.74. The van der Waals surface area contributed by atoms with Crippen molar-refractivity contribution in [2.24, 2.45) is 5.92 Å². The molecular weight excluding hydrogens is 162 g/mol. The summed E-state index contributed by atoms with van der Waals surface area (Å²) in [6.45, 7) is 2.15. The lowest BCUT2D eigenvalue weighted by atomic mass is 9.94. The van der Waals surface area contributed by atoms with E-state index in [1.807, 2.05) is 0 Å². The molecule has 0 radical (unpaired) electrons. The van der Waals surface area contributed by atoms with Crippen LogP contribution < -0.4 is 5.32 Å². The van der Waals surface area contributed by atoms with E-state index in [4.69, 9.17) is 4.74 Å². The van der Waals surface area contributed by atoms with Crippen LogP contribution in [-0.2, 0) is 4.74 Å². The van der Waals surface area contributed by atoms with E-state index in [0.717, 1.165) is 12.3 Å². The van der Waals surface area contributed by atoms with Gasteiger partial charge in [-0.05, 0) is 39.2 Å². The van der Waals surface area contributed by atoms with Crippen LogP contribution in [0.15, 0.2) is 0 Å². The third-order valence-corrected chi connectivity index (χ3v) is 3.33. The molecule has 0 aromatic heterocycles. The summed E-state index contributed by atoms with van der Waals surface area (Å²) in [5, 5.41) is 3.43. The SMILES string of the molecule is CNC(CC(C)OC)C1CCCC1. The van der Waals surface area contributed by atoms with Crippen molar-refractivity contribution in [2.75, 3.05) is 14.2 Å². The fourth-order valence-corrected chi connectivity index (χ4v) is 2.36. The molecule has 0 aromatic rings. The number of nitrogens with one attached hydrogen (secondary N) is 1. The Labute approximate surface area is 82.0 Å². The fraction of sp³-hybridized carbons (Fsp3) is 1.00. The van der Waals surface area contributed by atoms with Gasteiger partial charge in [-0.3, -0.25) is 0 Å². The van der Waals surface area contributed by atoms with Crippen LogP contribution in [0.25, 0.3) is 0 Å². The standard InChI is InChI=1S/C11H23NO/c1-9(13-3)8-11(12-2)10-6-4-5-7-10/h9-12H,4-8H2,1-3H3. The lowest BCUT2D eigenvalue weighted by Gasteiger charge is -2.25. The second kappa shape index (κ2) is 5.61. The van der Waals surface area contributed by atoms with Crippen molar-refractivity contribution >= 4 is 0 Å². The van der Waals surface area contributed by atoms with Crippen LogP contribution in [-0.4, -0.2) is 26.3 Å². The van der Waals surface area contributed by atoms with Crippen LogP contribution in [0.3, 0.4) is 0 Å². The molecule has 2 unspecified atom stereocenters. The lowest BCUT2D eigenvalue weighted by Crippen LogP contribution is -2.35. The minimum atomic E-state index is 0.387. The highest BCUT2D eigenvalue weighted by molar-refractivity contribution is 4.81. The van der Waals surface area contributed by atoms with Gasteiger partial charge in [-0.2, -0.15) is 0 Å². The molecule has 13 heavy (non-hydrogen) atoms. The molecular formula is C11H23NO. The maximum Gasteiger partial charge on any atom is 0.0558 e. The highest BCUT2D eigenvalue weighted by Gasteiger charge is 2.24. The Morgan fingerprint density at radius 2 is 2.00 bits per heavy atom. The highest BCUT2D eigenvalue weighted by atomic mass is 16.5. The Morgan fingerprint density at radius 3 is 2.46 bits per heavy atom. The normalized spacial score (nSPS) is 23.3. The van der Waals surface area contributed by atoms with Crippen molar-refractivity contribution < 1.29 is 4.74 Å². The molecule has 1 rings (SSSR count). The molecule has 1 saturated carbocycles. The predicted octanol–water partition coefficient (Wildman–Crippen LogP) is 2.19. The maximum atomic E-state index is 5.30. The van der Waals surface area contributed by atoms with E-state index in [2.05, 4.69) is 19.3 Å². The lowest BCUT2D eigenvalue weighted by molar-refractivity contribution is 0.0934. The zero-order valence-corrected chi connectivity index (χ0v) is 9.18. The van der Waals surface area contributed by atoms with E-state index < -0.39 is 0 Å². The monoisotopic (exact) mass is 185 g/mol. The van der Waals surface area contributed by atoms with Crippen molar-refractivity contribution in [1.82, 2.24) is 5.32 Å². The van der Waals surface area contributed by atoms with Crippen LogP contribution in [0.1, 0.15) is 39.0 Å². The maximum absolute atomic E-state index is 5.30. The van der Waals surface area contributed by atoms with Gasteiger partial charge in [0.15, 0.2) is 0 Å². The van der Waals surface area contributed by atoms with Gasteiger partial charge in [0.05, 0.1) is 6.10 Å². The topological polar surface area (TPSA) is 21.3 Å². The van der Waals surface area contributed by atoms with Crippen LogP contribution >= 0.6 is 0 Å². The molecule has 0 bridgehead atoms. The third-order valence-electron chi connectivity index (χ3n) is 3.33. The number of hydrogen-bond acceptors (Lipinski definition) is 2. The molecule has 0 heterocycles. The number of ether oxygens (including phenoxy) is 1. The predicted molar refractivity (Wildman–Crippen MR) is 55.9 cm³/mol. The molecule has 2 heteroatoms. The van der Waals surface area contributed by atoms with Crippen LogP contribution in [0.4, 0.5) is 0 Å². The Morgan fingerprint density at radius 1 is 1.38 bits per heavy atom. The zero-order chi connectivity index (χ0) is 9.68. The van der Waals surface area contributed by atoms with Crippen LogP contribution in [0.5, 0.6) is 0 Å². The Bertz CT molecular complexity index is 132. The summed E-state index contributed by atoms with van der Waals surface area (Å²) >= 11 is 0. The average molecular weight is 185 g/mol. The summed E-state index contributed by atoms with van der Waals surface area (Å²) in [7, 11) is 3.87. The van der Waals surface area contributed by atoms with Gasteiger partial charge < -0.3 is 10.1 Å². The van der Waals surface area contributed by atoms with Gasteiger partial charge in [0.25, 0.3) is 0 Å². The van der Waals surface area contributed by atoms with Gasteiger partial charge in [-0.25, -0.2) is 0 Å². The molecule has 1 aliphatic carbocycles. The molecule has 1 fully saturated rings. The third kappa shape index (κ3) is 3.28. The molecule has 1 aliphatic rings. The summed E-state index contributed by atoms with van der Waals surface area (Å²) in [6, 6.07) is 0.664. The van der Waals surface area contributed by atoms with Gasteiger partial charge >= 0.3 is 0 Å². The van der Waals surface area contributed by atoms with E-state index in [9.17, 15) is 0 Å². The van der Waals surface area contributed by atoms with Crippen molar-refractivity contribution in [1.29, 1.82) is 0 Å². The molecule has 78 valence electrons. The second-order valence-corrected chi connectivity index (χ2v) is 4.22. The summed E-state index contributed by atoms with van der Waals surface area (Å²) in [5.41, 5.74) is 0. The molecule has 0 spiro atoms. The number of hydrogen-bond donors (Lipinski definition) is 1. The van der Waals surface area contributed by atoms with Crippen LogP contribution in [0.2, 0.25) is 0 Å². The largest absolute Gasteiger partial charge is 0.382 e. The second-order valence-electron chi connectivity index (χ2n) is 4.22. The quantitative estimate of drug-likeness (QED) is 0.709. The average Bonchev–Trinajstić information content (AvgIpc) is 2.66. The molecule has 0 saturated heterocycles. The molecule has 2 nitrogen and oxygen atoms in total. The highest BCUT2D eigenvalue weighted by Crippen LogP contribution is 2.29. The number of rotatable bonds is 5. The minimum Gasteiger partial charge on any atom is -0.382 e. The van der Waals surface area contributed by atoms with Gasteiger partial charge in [0.2, 0.25) is 0 Å². The minimum absolute atomic E-state index is 0.387. The smallest absolute Gasteiger partial charge is 0.0558 e. The fourth-order valence-electron chi connectivity index (χ4n) is 2.36. The molecule has 0 aliphatic heterocycles. The van der Waals surface area contributed by atoms with Crippen LogP contribution in [0, 0.1) is 5.92 Å². The Hall–Kier alpha value is -0.0800. The van der Waals surface area contributed by atoms with Gasteiger partial charge in [-0.15, -0.1) is 0 Å². The summed E-state index contributed by atoms with van der Waals surface area (Å²) in [5.74, 6) is 0.891. The number of methoxy groups -OCH3 is 1. The first-order valence-electron chi connectivity index (χ1n) is 5.48. The van der Waals surface area contributed by atoms with E-state index >= 15 is 0 Å². The summed E-state index contributed by atoms with van der Waals surface area (Å²) in [4.78, 5) is 0. The summed E-state index contributed by atoms with van der Waals surface area (Å²) in [6.07, 6.45) is 7.19. The Balaban J connectivity index is 2.32. The molecule has 2 atom stereocenters. The zero-order valence-electron chi connectivity index (χ0n) is 9.18. The summed E-state index contributed by atoms with van der Waals surface area (Å²) < 4.78 is 5.30. The molecule has 0 amide bonds. The van der Waals surface area contributed by atoms with E-state index in [1.54, 1.807) is 7.11 Å². The first-order chi connectivity index (χ1) is 6.27. The van der Waals surface area contributed by atoms with Crippen molar-refractivity contribution in [3.63, 3.8) is 0 Å². The molecule has 1 N–H and O–H groups in total. The van der Waals surface area contributed by atoms with Crippen molar-refractivity contribution in [2.45, 2.75) is 51.2 Å². The van der Waals surface area contributed by atoms with Gasteiger partial charge in [-0.1, -0.05) is 12.8 Å².